The summed E-state index contributed by atoms with van der Waals surface area (Å²) in [5.74, 6) is 0.775. The molecule has 0 aliphatic rings. The summed E-state index contributed by atoms with van der Waals surface area (Å²) in [6.45, 7) is 0. The molecule has 15 heavy (non-hydrogen) atoms. The first kappa shape index (κ1) is 12.3. The van der Waals surface area contributed by atoms with Gasteiger partial charge in [-0.25, -0.2) is 8.42 Å². The molecule has 1 aromatic carbocycles. The highest BCUT2D eigenvalue weighted by atomic mass is 35.7. The van der Waals surface area contributed by atoms with Gasteiger partial charge in [0.15, 0.2) is 0 Å². The lowest BCUT2D eigenvalue weighted by atomic mass is 10.1. The minimum Gasteiger partial charge on any atom is -0.496 e. The Kier molecular flexibility index (Phi) is 4.42. The maximum atomic E-state index is 10.7. The number of benzene rings is 1. The average molecular weight is 249 g/mol. The molecule has 0 saturated heterocycles. The molecule has 3 nitrogen and oxygen atoms in total. The summed E-state index contributed by atoms with van der Waals surface area (Å²) < 4.78 is 26.6. The van der Waals surface area contributed by atoms with E-state index in [1.54, 1.807) is 7.11 Å². The van der Waals surface area contributed by atoms with Gasteiger partial charge in [-0.3, -0.25) is 0 Å². The molecule has 0 fully saturated rings. The van der Waals surface area contributed by atoms with Crippen molar-refractivity contribution in [3.05, 3.63) is 29.8 Å². The van der Waals surface area contributed by atoms with Crippen molar-refractivity contribution in [1.82, 2.24) is 0 Å². The van der Waals surface area contributed by atoms with Crippen molar-refractivity contribution in [3.63, 3.8) is 0 Å². The van der Waals surface area contributed by atoms with Gasteiger partial charge in [0.1, 0.15) is 5.75 Å². The van der Waals surface area contributed by atoms with Crippen LogP contribution in [0.5, 0.6) is 5.75 Å². The summed E-state index contributed by atoms with van der Waals surface area (Å²) >= 11 is 0. The minimum absolute atomic E-state index is 0.00734. The lowest BCUT2D eigenvalue weighted by Gasteiger charge is -2.06. The number of hydrogen-bond acceptors (Lipinski definition) is 3. The van der Waals surface area contributed by atoms with E-state index in [9.17, 15) is 8.42 Å². The van der Waals surface area contributed by atoms with Crippen LogP contribution < -0.4 is 4.74 Å². The van der Waals surface area contributed by atoms with E-state index in [1.165, 1.54) is 0 Å². The van der Waals surface area contributed by atoms with Crippen LogP contribution in [-0.4, -0.2) is 21.3 Å². The number of rotatable bonds is 5. The Labute approximate surface area is 94.4 Å². The molecule has 0 unspecified atom stereocenters. The molecular weight excluding hydrogens is 236 g/mol. The Morgan fingerprint density at radius 1 is 1.33 bits per heavy atom. The van der Waals surface area contributed by atoms with Crippen LogP contribution in [-0.2, 0) is 15.5 Å². The zero-order valence-electron chi connectivity index (χ0n) is 8.44. The van der Waals surface area contributed by atoms with Crippen LogP contribution in [0.25, 0.3) is 0 Å². The smallest absolute Gasteiger partial charge is 0.232 e. The molecule has 0 saturated carbocycles. The van der Waals surface area contributed by atoms with Crippen LogP contribution in [0.3, 0.4) is 0 Å². The summed E-state index contributed by atoms with van der Waals surface area (Å²) in [6, 6.07) is 7.54. The van der Waals surface area contributed by atoms with E-state index >= 15 is 0 Å². The highest BCUT2D eigenvalue weighted by molar-refractivity contribution is 8.13. The largest absolute Gasteiger partial charge is 0.496 e. The summed E-state index contributed by atoms with van der Waals surface area (Å²) in [5.41, 5.74) is 1.00. The van der Waals surface area contributed by atoms with E-state index in [0.717, 1.165) is 11.3 Å². The number of hydrogen-bond donors (Lipinski definition) is 0. The SMILES string of the molecule is COc1ccccc1CCCS(=O)(=O)Cl. The third-order valence-electron chi connectivity index (χ3n) is 2.03. The van der Waals surface area contributed by atoms with Crippen molar-refractivity contribution in [2.75, 3.05) is 12.9 Å². The van der Waals surface area contributed by atoms with Crippen molar-refractivity contribution in [2.24, 2.45) is 0 Å². The molecule has 0 radical (unpaired) electrons. The van der Waals surface area contributed by atoms with E-state index in [0.29, 0.717) is 12.8 Å². The standard InChI is InChI=1S/C10H13ClO3S/c1-14-10-7-3-2-5-9(10)6-4-8-15(11,12)13/h2-3,5,7H,4,6,8H2,1H3. The van der Waals surface area contributed by atoms with Crippen LogP contribution in [0.1, 0.15) is 12.0 Å². The molecule has 1 rings (SSSR count). The fourth-order valence-corrected chi connectivity index (χ4v) is 2.16. The number of halogens is 1. The first-order valence-corrected chi connectivity index (χ1v) is 7.05. The third kappa shape index (κ3) is 4.53. The van der Waals surface area contributed by atoms with E-state index in [4.69, 9.17) is 15.4 Å². The van der Waals surface area contributed by atoms with E-state index in [2.05, 4.69) is 0 Å². The lowest BCUT2D eigenvalue weighted by molar-refractivity contribution is 0.409. The molecule has 5 heteroatoms. The normalized spacial score (nSPS) is 11.3. The van der Waals surface area contributed by atoms with Crippen LogP contribution in [0, 0.1) is 0 Å². The van der Waals surface area contributed by atoms with Gasteiger partial charge in [0.25, 0.3) is 0 Å². The van der Waals surface area contributed by atoms with E-state index in [1.807, 2.05) is 24.3 Å². The summed E-state index contributed by atoms with van der Waals surface area (Å²) in [6.07, 6.45) is 1.15. The second-order valence-electron chi connectivity index (χ2n) is 3.16. The minimum atomic E-state index is -3.38. The fraction of sp³-hybridized carbons (Fsp3) is 0.400. The second-order valence-corrected chi connectivity index (χ2v) is 6.05. The Balaban J connectivity index is 2.58. The van der Waals surface area contributed by atoms with Crippen molar-refractivity contribution >= 4 is 19.7 Å². The molecule has 0 spiro atoms. The van der Waals surface area contributed by atoms with E-state index < -0.39 is 9.05 Å². The van der Waals surface area contributed by atoms with Gasteiger partial charge in [0.2, 0.25) is 9.05 Å². The van der Waals surface area contributed by atoms with Gasteiger partial charge in [-0.05, 0) is 24.5 Å². The fourth-order valence-electron chi connectivity index (χ4n) is 1.34. The molecule has 1 aromatic rings. The maximum Gasteiger partial charge on any atom is 0.232 e. The molecule has 0 heterocycles. The van der Waals surface area contributed by atoms with Crippen molar-refractivity contribution < 1.29 is 13.2 Å². The van der Waals surface area contributed by atoms with Crippen molar-refractivity contribution in [3.8, 4) is 5.75 Å². The van der Waals surface area contributed by atoms with Gasteiger partial charge < -0.3 is 4.74 Å². The lowest BCUT2D eigenvalue weighted by Crippen LogP contribution is -2.00. The molecule has 0 N–H and O–H groups in total. The van der Waals surface area contributed by atoms with Gasteiger partial charge in [0.05, 0.1) is 12.9 Å². The molecular formula is C10H13ClO3S. The molecule has 84 valence electrons. The third-order valence-corrected chi connectivity index (χ3v) is 3.27. The molecule has 0 atom stereocenters. The Hall–Kier alpha value is -0.740. The van der Waals surface area contributed by atoms with Crippen LogP contribution in [0.4, 0.5) is 0 Å². The topological polar surface area (TPSA) is 43.4 Å². The summed E-state index contributed by atoms with van der Waals surface area (Å²) in [5, 5.41) is 0. The predicted octanol–water partition coefficient (Wildman–Crippen LogP) is 2.20. The number of para-hydroxylation sites is 1. The summed E-state index contributed by atoms with van der Waals surface area (Å²) in [4.78, 5) is 0. The second kappa shape index (κ2) is 5.37. The predicted molar refractivity (Wildman–Crippen MR) is 61.0 cm³/mol. The highest BCUT2D eigenvalue weighted by Crippen LogP contribution is 2.19. The van der Waals surface area contributed by atoms with Crippen molar-refractivity contribution in [2.45, 2.75) is 12.8 Å². The quantitative estimate of drug-likeness (QED) is 0.751. The van der Waals surface area contributed by atoms with Gasteiger partial charge >= 0.3 is 0 Å². The first-order chi connectivity index (χ1) is 7.03. The molecule has 0 bridgehead atoms. The number of aryl methyl sites for hydroxylation is 1. The van der Waals surface area contributed by atoms with Crippen molar-refractivity contribution in [1.29, 1.82) is 0 Å². The number of ether oxygens (including phenoxy) is 1. The first-order valence-electron chi connectivity index (χ1n) is 4.57. The van der Waals surface area contributed by atoms with Crippen LogP contribution in [0.15, 0.2) is 24.3 Å². The van der Waals surface area contributed by atoms with Gasteiger partial charge in [-0.2, -0.15) is 0 Å². The Bertz CT molecular complexity index is 414. The Morgan fingerprint density at radius 3 is 2.60 bits per heavy atom. The number of methoxy groups -OCH3 is 1. The van der Waals surface area contributed by atoms with Gasteiger partial charge in [0, 0.05) is 10.7 Å². The van der Waals surface area contributed by atoms with Crippen LogP contribution >= 0.6 is 10.7 Å². The molecule has 0 aromatic heterocycles. The highest BCUT2D eigenvalue weighted by Gasteiger charge is 2.06. The maximum absolute atomic E-state index is 10.7. The summed E-state index contributed by atoms with van der Waals surface area (Å²) in [7, 11) is 3.33. The van der Waals surface area contributed by atoms with Gasteiger partial charge in [-0.1, -0.05) is 18.2 Å². The Morgan fingerprint density at radius 2 is 2.00 bits per heavy atom. The average Bonchev–Trinajstić information content (AvgIpc) is 2.16. The van der Waals surface area contributed by atoms with E-state index in [-0.39, 0.29) is 5.75 Å². The molecule has 0 aliphatic heterocycles. The van der Waals surface area contributed by atoms with Gasteiger partial charge in [-0.15, -0.1) is 0 Å². The van der Waals surface area contributed by atoms with Crippen LogP contribution in [0.2, 0.25) is 0 Å². The monoisotopic (exact) mass is 248 g/mol. The molecule has 0 aliphatic carbocycles. The zero-order valence-corrected chi connectivity index (χ0v) is 10.0. The molecule has 0 amide bonds. The zero-order chi connectivity index (χ0) is 11.3.